The van der Waals surface area contributed by atoms with E-state index in [0.717, 1.165) is 16.7 Å². The molecule has 3 fully saturated rings. The molecule has 0 saturated carbocycles. The molecule has 3 saturated heterocycles. The number of benzene rings is 2. The molecule has 5 rings (SSSR count). The van der Waals surface area contributed by atoms with Crippen LogP contribution in [0.4, 0.5) is 5.69 Å². The summed E-state index contributed by atoms with van der Waals surface area (Å²) in [7, 11) is 1.54. The highest BCUT2D eigenvalue weighted by atomic mass is 79.9. The summed E-state index contributed by atoms with van der Waals surface area (Å²) in [5.41, 5.74) is 2.30. The number of amides is 3. The lowest BCUT2D eigenvalue weighted by atomic mass is 9.70. The fourth-order valence-electron chi connectivity index (χ4n) is 6.44. The summed E-state index contributed by atoms with van der Waals surface area (Å²) in [5.74, 6) is -2.53. The third-order valence-electron chi connectivity index (χ3n) is 8.09. The average molecular weight is 570 g/mol. The molecule has 37 heavy (non-hydrogen) atoms. The molecule has 0 radical (unpaired) electrons. The topological polar surface area (TPSA) is 108 Å². The molecule has 2 bridgehead atoms. The second kappa shape index (κ2) is 9.85. The maximum Gasteiger partial charge on any atom is 0.250 e. The second-order valence-corrected chi connectivity index (χ2v) is 11.5. The standard InChI is InChI=1S/C28H32BrN3O5/c1-15-9-10-16(2)20(11-15)31-26(35)24-28-13-19(29)23(37-28)21(25(34)30-3)22(28)27(36)32(24)18(14-33)12-17-7-5-4-6-8-17/h4-11,18-19,21-24,33H,12-14H2,1-3H3,(H,30,34)(H,31,35)/t18-,19?,21-,22+,23-,24?,28?/m1/s1. The monoisotopic (exact) mass is 569 g/mol. The summed E-state index contributed by atoms with van der Waals surface area (Å²) in [6.45, 7) is 3.53. The number of hydrogen-bond donors (Lipinski definition) is 3. The van der Waals surface area contributed by atoms with Crippen LogP contribution in [-0.2, 0) is 25.5 Å². The third-order valence-corrected chi connectivity index (χ3v) is 8.94. The number of nitrogens with zero attached hydrogens (tertiary/aromatic N) is 1. The molecule has 2 aromatic rings. The number of carbonyl (C=O) groups is 3. The van der Waals surface area contributed by atoms with Crippen LogP contribution >= 0.6 is 15.9 Å². The molecule has 7 atom stereocenters. The maximum absolute atomic E-state index is 14.1. The molecule has 3 N–H and O–H groups in total. The van der Waals surface area contributed by atoms with E-state index in [1.165, 1.54) is 11.9 Å². The van der Waals surface area contributed by atoms with Gasteiger partial charge < -0.3 is 25.4 Å². The highest BCUT2D eigenvalue weighted by Crippen LogP contribution is 2.60. The molecule has 3 aliphatic heterocycles. The third kappa shape index (κ3) is 4.17. The quantitative estimate of drug-likeness (QED) is 0.443. The minimum atomic E-state index is -1.18. The van der Waals surface area contributed by atoms with E-state index in [-0.39, 0.29) is 29.2 Å². The largest absolute Gasteiger partial charge is 0.394 e. The number of aliphatic hydroxyl groups excluding tert-OH is 1. The summed E-state index contributed by atoms with van der Waals surface area (Å²) in [5, 5.41) is 16.2. The van der Waals surface area contributed by atoms with E-state index in [0.29, 0.717) is 18.5 Å². The van der Waals surface area contributed by atoms with Gasteiger partial charge in [0, 0.05) is 17.6 Å². The van der Waals surface area contributed by atoms with Gasteiger partial charge in [0.15, 0.2) is 0 Å². The molecule has 2 aromatic carbocycles. The van der Waals surface area contributed by atoms with E-state index in [9.17, 15) is 19.5 Å². The Bertz CT molecular complexity index is 1220. The predicted molar refractivity (Wildman–Crippen MR) is 142 cm³/mol. The highest BCUT2D eigenvalue weighted by Gasteiger charge is 2.77. The Morgan fingerprint density at radius 3 is 2.59 bits per heavy atom. The lowest BCUT2D eigenvalue weighted by Crippen LogP contribution is -2.57. The van der Waals surface area contributed by atoms with E-state index in [1.807, 2.05) is 62.4 Å². The first kappa shape index (κ1) is 25.9. The molecule has 8 nitrogen and oxygen atoms in total. The minimum Gasteiger partial charge on any atom is -0.394 e. The Hall–Kier alpha value is -2.75. The fourth-order valence-corrected chi connectivity index (χ4v) is 7.38. The number of aryl methyl sites for hydroxylation is 2. The lowest BCUT2D eigenvalue weighted by molar-refractivity contribution is -0.143. The zero-order chi connectivity index (χ0) is 26.5. The lowest BCUT2D eigenvalue weighted by Gasteiger charge is -2.37. The van der Waals surface area contributed by atoms with E-state index >= 15 is 0 Å². The Morgan fingerprint density at radius 1 is 1.19 bits per heavy atom. The number of nitrogens with one attached hydrogen (secondary N) is 2. The summed E-state index contributed by atoms with van der Waals surface area (Å²) in [6.07, 6.45) is 0.256. The van der Waals surface area contributed by atoms with Crippen molar-refractivity contribution in [2.45, 2.75) is 55.3 Å². The highest BCUT2D eigenvalue weighted by molar-refractivity contribution is 9.09. The van der Waals surface area contributed by atoms with Crippen molar-refractivity contribution in [1.82, 2.24) is 10.2 Å². The second-order valence-electron chi connectivity index (χ2n) is 10.4. The number of fused-ring (bicyclic) bond motifs is 1. The molecule has 3 amide bonds. The van der Waals surface area contributed by atoms with Crippen molar-refractivity contribution < 1.29 is 24.2 Å². The maximum atomic E-state index is 14.1. The number of aliphatic hydroxyl groups is 1. The van der Waals surface area contributed by atoms with Crippen molar-refractivity contribution in [2.24, 2.45) is 11.8 Å². The number of carbonyl (C=O) groups excluding carboxylic acids is 3. The van der Waals surface area contributed by atoms with E-state index in [4.69, 9.17) is 4.74 Å². The first-order valence-corrected chi connectivity index (χ1v) is 13.5. The van der Waals surface area contributed by atoms with Crippen LogP contribution in [0, 0.1) is 25.7 Å². The Kier molecular flexibility index (Phi) is 6.89. The van der Waals surface area contributed by atoms with Crippen molar-refractivity contribution in [3.8, 4) is 0 Å². The van der Waals surface area contributed by atoms with Gasteiger partial charge in [-0.1, -0.05) is 58.4 Å². The number of anilines is 1. The van der Waals surface area contributed by atoms with Crippen LogP contribution < -0.4 is 10.6 Å². The van der Waals surface area contributed by atoms with Crippen LogP contribution in [0.5, 0.6) is 0 Å². The van der Waals surface area contributed by atoms with Gasteiger partial charge in [0.2, 0.25) is 17.7 Å². The zero-order valence-electron chi connectivity index (χ0n) is 21.1. The molecule has 0 aliphatic carbocycles. The van der Waals surface area contributed by atoms with Gasteiger partial charge in [-0.15, -0.1) is 0 Å². The molecule has 1 spiro atoms. The summed E-state index contributed by atoms with van der Waals surface area (Å²) >= 11 is 3.66. The number of likely N-dealkylation sites (tertiary alicyclic amines) is 1. The summed E-state index contributed by atoms with van der Waals surface area (Å²) in [4.78, 5) is 42.6. The molecule has 9 heteroatoms. The number of hydrogen-bond acceptors (Lipinski definition) is 5. The van der Waals surface area contributed by atoms with Gasteiger partial charge in [-0.3, -0.25) is 14.4 Å². The van der Waals surface area contributed by atoms with Gasteiger partial charge in [0.25, 0.3) is 0 Å². The van der Waals surface area contributed by atoms with E-state index in [2.05, 4.69) is 26.6 Å². The van der Waals surface area contributed by atoms with Gasteiger partial charge >= 0.3 is 0 Å². The van der Waals surface area contributed by atoms with Crippen molar-refractivity contribution in [3.63, 3.8) is 0 Å². The Balaban J connectivity index is 1.58. The number of alkyl halides is 1. The number of rotatable bonds is 7. The van der Waals surface area contributed by atoms with Gasteiger partial charge in [-0.25, -0.2) is 0 Å². The van der Waals surface area contributed by atoms with Crippen LogP contribution in [0.15, 0.2) is 48.5 Å². The number of ether oxygens (including phenoxy) is 1. The van der Waals surface area contributed by atoms with Crippen LogP contribution in [0.25, 0.3) is 0 Å². The van der Waals surface area contributed by atoms with E-state index < -0.39 is 35.6 Å². The van der Waals surface area contributed by atoms with Crippen molar-refractivity contribution in [3.05, 3.63) is 65.2 Å². The first-order chi connectivity index (χ1) is 17.7. The van der Waals surface area contributed by atoms with Crippen molar-refractivity contribution >= 4 is 39.3 Å². The molecular weight excluding hydrogens is 538 g/mol. The van der Waals surface area contributed by atoms with Crippen LogP contribution in [0.2, 0.25) is 0 Å². The SMILES string of the molecule is CNC(=O)[C@H]1[C@@H]2OC3(CC2Br)C(C(=O)Nc2cc(C)ccc2C)N([C@@H](CO)Cc2ccccc2)C(=O)[C@H]13. The van der Waals surface area contributed by atoms with Crippen LogP contribution in [0.1, 0.15) is 23.1 Å². The predicted octanol–water partition coefficient (Wildman–Crippen LogP) is 2.34. The normalized spacial score (nSPS) is 30.8. The Morgan fingerprint density at radius 2 is 1.92 bits per heavy atom. The zero-order valence-corrected chi connectivity index (χ0v) is 22.7. The van der Waals surface area contributed by atoms with Crippen LogP contribution in [-0.4, -0.2) is 70.0 Å². The first-order valence-electron chi connectivity index (χ1n) is 12.6. The smallest absolute Gasteiger partial charge is 0.250 e. The van der Waals surface area contributed by atoms with Gasteiger partial charge in [0.1, 0.15) is 11.6 Å². The molecule has 0 aromatic heterocycles. The summed E-state index contributed by atoms with van der Waals surface area (Å²) < 4.78 is 6.49. The molecular formula is C28H32BrN3O5. The van der Waals surface area contributed by atoms with Crippen LogP contribution in [0.3, 0.4) is 0 Å². The Labute approximate surface area is 224 Å². The van der Waals surface area contributed by atoms with Gasteiger partial charge in [-0.05, 0) is 49.4 Å². The van der Waals surface area contributed by atoms with E-state index in [1.54, 1.807) is 0 Å². The molecule has 3 unspecified atom stereocenters. The van der Waals surface area contributed by atoms with Crippen molar-refractivity contribution in [1.29, 1.82) is 0 Å². The van der Waals surface area contributed by atoms with Crippen molar-refractivity contribution in [2.75, 3.05) is 19.0 Å². The molecule has 3 aliphatic rings. The molecule has 196 valence electrons. The summed E-state index contributed by atoms with van der Waals surface area (Å²) in [6, 6.07) is 13.7. The minimum absolute atomic E-state index is 0.184. The molecule has 3 heterocycles. The van der Waals surface area contributed by atoms with Gasteiger partial charge in [0.05, 0.1) is 30.6 Å². The van der Waals surface area contributed by atoms with Gasteiger partial charge in [-0.2, -0.15) is 0 Å². The fraction of sp³-hybridized carbons (Fsp3) is 0.464. The average Bonchev–Trinajstić information content (AvgIpc) is 3.48. The number of halogens is 1.